The maximum absolute atomic E-state index is 11.6. The van der Waals surface area contributed by atoms with E-state index in [0.29, 0.717) is 22.0 Å². The number of hydrogen-bond acceptors (Lipinski definition) is 6. The first-order chi connectivity index (χ1) is 8.51. The molecule has 0 unspecified atom stereocenters. The molecule has 0 aliphatic carbocycles. The third-order valence-electron chi connectivity index (χ3n) is 2.33. The lowest BCUT2D eigenvalue weighted by Gasteiger charge is -2.10. The van der Waals surface area contributed by atoms with Crippen LogP contribution in [0.3, 0.4) is 0 Å². The number of nitrogens with one attached hydrogen (secondary N) is 2. The highest BCUT2D eigenvalue weighted by atomic mass is 32.1. The fourth-order valence-electron chi connectivity index (χ4n) is 1.35. The van der Waals surface area contributed by atoms with Crippen LogP contribution < -0.4 is 16.4 Å². The predicted octanol–water partition coefficient (Wildman–Crippen LogP) is 0.535. The van der Waals surface area contributed by atoms with Crippen molar-refractivity contribution >= 4 is 27.9 Å². The summed E-state index contributed by atoms with van der Waals surface area (Å²) in [4.78, 5) is 14.0. The maximum atomic E-state index is 11.6. The summed E-state index contributed by atoms with van der Waals surface area (Å²) in [5, 5.41) is 15.4. The minimum atomic E-state index is -0.269. The number of carbonyl (C=O) groups excluding carboxylic acids is 1. The molecule has 0 saturated carbocycles. The van der Waals surface area contributed by atoms with E-state index in [0.717, 1.165) is 6.54 Å². The molecule has 0 aliphatic rings. The molecule has 0 aromatic carbocycles. The molecule has 7 heteroatoms. The molecule has 1 aromatic heterocycles. The second-order valence-corrected chi connectivity index (χ2v) is 4.99. The van der Waals surface area contributed by atoms with E-state index in [4.69, 9.17) is 11.0 Å². The van der Waals surface area contributed by atoms with Gasteiger partial charge in [0.05, 0.1) is 5.69 Å². The number of nitriles is 1. The van der Waals surface area contributed by atoms with Gasteiger partial charge in [-0.2, -0.15) is 5.26 Å². The fourth-order valence-corrected chi connectivity index (χ4v) is 2.40. The van der Waals surface area contributed by atoms with Crippen LogP contribution in [0.5, 0.6) is 0 Å². The molecule has 18 heavy (non-hydrogen) atoms. The number of nitrogens with zero attached hydrogens (tertiary/aromatic N) is 2. The first-order valence-corrected chi connectivity index (χ1v) is 6.26. The van der Waals surface area contributed by atoms with Crippen LogP contribution in [0.2, 0.25) is 0 Å². The monoisotopic (exact) mass is 267 g/mol. The number of likely N-dealkylation sites (N-methyl/N-ethyl adjacent to an activating group) is 1. The SMILES string of the molecule is CNC(=O)c1sc(NCCN(C)C)c(C#N)c1N. The minimum absolute atomic E-state index is 0.245. The summed E-state index contributed by atoms with van der Waals surface area (Å²) >= 11 is 1.21. The highest BCUT2D eigenvalue weighted by Crippen LogP contribution is 2.34. The summed E-state index contributed by atoms with van der Waals surface area (Å²) in [7, 11) is 5.46. The molecule has 0 radical (unpaired) electrons. The van der Waals surface area contributed by atoms with E-state index >= 15 is 0 Å². The van der Waals surface area contributed by atoms with E-state index < -0.39 is 0 Å². The Labute approximate surface area is 110 Å². The topological polar surface area (TPSA) is 94.2 Å². The normalized spacial score (nSPS) is 10.2. The molecule has 0 saturated heterocycles. The Bertz CT molecular complexity index is 475. The van der Waals surface area contributed by atoms with E-state index in [1.54, 1.807) is 0 Å². The maximum Gasteiger partial charge on any atom is 0.263 e. The number of hydrogen-bond donors (Lipinski definition) is 3. The number of thiophene rings is 1. The Morgan fingerprint density at radius 2 is 2.22 bits per heavy atom. The quantitative estimate of drug-likeness (QED) is 0.723. The molecule has 0 fully saturated rings. The van der Waals surface area contributed by atoms with Gasteiger partial charge < -0.3 is 21.3 Å². The van der Waals surface area contributed by atoms with Crippen molar-refractivity contribution in [1.82, 2.24) is 10.2 Å². The average molecular weight is 267 g/mol. The molecule has 0 aliphatic heterocycles. The molecule has 0 spiro atoms. The Morgan fingerprint density at radius 1 is 1.56 bits per heavy atom. The van der Waals surface area contributed by atoms with Crippen molar-refractivity contribution in [3.8, 4) is 6.07 Å². The number of anilines is 2. The van der Waals surface area contributed by atoms with Crippen LogP contribution in [0.15, 0.2) is 0 Å². The van der Waals surface area contributed by atoms with Crippen molar-refractivity contribution in [3.63, 3.8) is 0 Å². The van der Waals surface area contributed by atoms with Crippen LogP contribution in [0.1, 0.15) is 15.2 Å². The van der Waals surface area contributed by atoms with E-state index in [2.05, 4.69) is 10.6 Å². The van der Waals surface area contributed by atoms with Gasteiger partial charge >= 0.3 is 0 Å². The highest BCUT2D eigenvalue weighted by Gasteiger charge is 2.19. The molecule has 98 valence electrons. The molecule has 0 bridgehead atoms. The Hall–Kier alpha value is -1.78. The van der Waals surface area contributed by atoms with E-state index in [9.17, 15) is 4.79 Å². The van der Waals surface area contributed by atoms with Crippen LogP contribution in [0.25, 0.3) is 0 Å². The van der Waals surface area contributed by atoms with Gasteiger partial charge in [-0.1, -0.05) is 0 Å². The van der Waals surface area contributed by atoms with E-state index in [1.165, 1.54) is 18.4 Å². The van der Waals surface area contributed by atoms with Gasteiger partial charge in [0.1, 0.15) is 21.5 Å². The summed E-state index contributed by atoms with van der Waals surface area (Å²) in [5.74, 6) is -0.269. The van der Waals surface area contributed by atoms with Crippen LogP contribution in [-0.2, 0) is 0 Å². The Kier molecular flexibility index (Phi) is 4.95. The molecule has 4 N–H and O–H groups in total. The van der Waals surface area contributed by atoms with E-state index in [1.807, 2.05) is 25.1 Å². The van der Waals surface area contributed by atoms with Gasteiger partial charge in [0.2, 0.25) is 0 Å². The Balaban J connectivity index is 2.91. The van der Waals surface area contributed by atoms with Crippen molar-refractivity contribution in [2.45, 2.75) is 0 Å². The zero-order chi connectivity index (χ0) is 13.7. The zero-order valence-corrected chi connectivity index (χ0v) is 11.5. The van der Waals surface area contributed by atoms with Gasteiger partial charge in [-0.05, 0) is 14.1 Å². The lowest BCUT2D eigenvalue weighted by molar-refractivity contribution is 0.0968. The van der Waals surface area contributed by atoms with Crippen LogP contribution >= 0.6 is 11.3 Å². The summed E-state index contributed by atoms with van der Waals surface area (Å²) < 4.78 is 0. The summed E-state index contributed by atoms with van der Waals surface area (Å²) in [5.41, 5.74) is 6.39. The van der Waals surface area contributed by atoms with Gasteiger partial charge in [0.25, 0.3) is 5.91 Å². The van der Waals surface area contributed by atoms with Gasteiger partial charge in [0.15, 0.2) is 0 Å². The zero-order valence-electron chi connectivity index (χ0n) is 10.7. The van der Waals surface area contributed by atoms with Gasteiger partial charge in [-0.15, -0.1) is 11.3 Å². The molecule has 1 amide bonds. The first kappa shape index (κ1) is 14.3. The summed E-state index contributed by atoms with van der Waals surface area (Å²) in [6.07, 6.45) is 0. The van der Waals surface area contributed by atoms with Crippen molar-refractivity contribution in [3.05, 3.63) is 10.4 Å². The van der Waals surface area contributed by atoms with Crippen LogP contribution in [0.4, 0.5) is 10.7 Å². The van der Waals surface area contributed by atoms with Crippen molar-refractivity contribution < 1.29 is 4.79 Å². The largest absolute Gasteiger partial charge is 0.396 e. The smallest absolute Gasteiger partial charge is 0.263 e. The molecular weight excluding hydrogens is 250 g/mol. The third-order valence-corrected chi connectivity index (χ3v) is 3.50. The molecule has 1 heterocycles. The lowest BCUT2D eigenvalue weighted by atomic mass is 10.2. The fraction of sp³-hybridized carbons (Fsp3) is 0.455. The average Bonchev–Trinajstić information content (AvgIpc) is 2.64. The number of rotatable bonds is 5. The predicted molar refractivity (Wildman–Crippen MR) is 73.9 cm³/mol. The van der Waals surface area contributed by atoms with Crippen molar-refractivity contribution in [2.24, 2.45) is 0 Å². The first-order valence-electron chi connectivity index (χ1n) is 5.44. The second-order valence-electron chi connectivity index (χ2n) is 3.97. The third kappa shape index (κ3) is 3.12. The van der Waals surface area contributed by atoms with Crippen LogP contribution in [0, 0.1) is 11.3 Å². The Morgan fingerprint density at radius 3 is 2.72 bits per heavy atom. The van der Waals surface area contributed by atoms with Gasteiger partial charge in [0, 0.05) is 20.1 Å². The number of amides is 1. The molecular formula is C11H17N5OS. The minimum Gasteiger partial charge on any atom is -0.396 e. The highest BCUT2D eigenvalue weighted by molar-refractivity contribution is 7.18. The molecule has 1 aromatic rings. The summed E-state index contributed by atoms with van der Waals surface area (Å²) in [6, 6.07) is 2.03. The van der Waals surface area contributed by atoms with Gasteiger partial charge in [-0.3, -0.25) is 4.79 Å². The van der Waals surface area contributed by atoms with E-state index in [-0.39, 0.29) is 11.6 Å². The van der Waals surface area contributed by atoms with Crippen molar-refractivity contribution in [1.29, 1.82) is 5.26 Å². The lowest BCUT2D eigenvalue weighted by Crippen LogP contribution is -2.20. The molecule has 6 nitrogen and oxygen atoms in total. The summed E-state index contributed by atoms with van der Waals surface area (Å²) in [6.45, 7) is 1.52. The van der Waals surface area contributed by atoms with Crippen LogP contribution in [-0.4, -0.2) is 45.0 Å². The second kappa shape index (κ2) is 6.23. The molecule has 1 rings (SSSR count). The number of nitrogens with two attached hydrogens (primary N) is 1. The number of nitrogen functional groups attached to an aromatic ring is 1. The number of carbonyl (C=O) groups is 1. The molecule has 0 atom stereocenters. The standard InChI is InChI=1S/C11H17N5OS/c1-14-10(17)9-8(13)7(6-12)11(18-9)15-4-5-16(2)3/h15H,4-5,13H2,1-3H3,(H,14,17). The van der Waals surface area contributed by atoms with Gasteiger partial charge in [-0.25, -0.2) is 0 Å². The van der Waals surface area contributed by atoms with Crippen molar-refractivity contribution in [2.75, 3.05) is 45.3 Å².